The lowest BCUT2D eigenvalue weighted by Gasteiger charge is -2.27. The molecule has 3 heterocycles. The van der Waals surface area contributed by atoms with Gasteiger partial charge in [-0.3, -0.25) is 4.90 Å². The Hall–Kier alpha value is -0.950. The number of nitrogens with zero attached hydrogens (tertiary/aromatic N) is 3. The molecule has 0 radical (unpaired) electrons. The number of nitrogens with one attached hydrogen (secondary N) is 1. The molecular weight excluding hydrogens is 380 g/mol. The van der Waals surface area contributed by atoms with Crippen LogP contribution < -0.4 is 5.32 Å². The number of rotatable bonds is 7. The molecule has 1 atom stereocenters. The van der Waals surface area contributed by atoms with E-state index in [9.17, 15) is 0 Å². The largest absolute Gasteiger partial charge is 0.379 e. The third kappa shape index (κ3) is 4.56. The van der Waals surface area contributed by atoms with E-state index in [1.165, 1.54) is 41.5 Å². The number of aromatic nitrogens is 2. The molecule has 0 saturated carbocycles. The molecule has 2 aromatic heterocycles. The molecule has 7 heteroatoms. The van der Waals surface area contributed by atoms with Crippen molar-refractivity contribution < 1.29 is 4.74 Å². The monoisotopic (exact) mass is 408 g/mol. The summed E-state index contributed by atoms with van der Waals surface area (Å²) < 4.78 is 5.44. The van der Waals surface area contributed by atoms with Crippen LogP contribution in [-0.2, 0) is 17.6 Å². The Labute approximate surface area is 170 Å². The summed E-state index contributed by atoms with van der Waals surface area (Å²) in [6.07, 6.45) is 8.27. The van der Waals surface area contributed by atoms with Gasteiger partial charge in [0.05, 0.1) is 18.6 Å². The maximum absolute atomic E-state index is 6.25. The lowest BCUT2D eigenvalue weighted by molar-refractivity contribution is 0.0370. The molecule has 0 amide bonds. The molecule has 27 heavy (non-hydrogen) atoms. The Bertz CT molecular complexity index is 775. The highest BCUT2D eigenvalue weighted by Gasteiger charge is 2.22. The van der Waals surface area contributed by atoms with Crippen molar-refractivity contribution in [1.82, 2.24) is 14.9 Å². The number of thiophene rings is 1. The minimum absolute atomic E-state index is 0.353. The van der Waals surface area contributed by atoms with Crippen LogP contribution in [-0.4, -0.2) is 53.8 Å². The summed E-state index contributed by atoms with van der Waals surface area (Å²) in [5.74, 6) is 0.947. The number of anilines is 1. The van der Waals surface area contributed by atoms with Gasteiger partial charge in [0.25, 0.3) is 0 Å². The smallest absolute Gasteiger partial charge is 0.225 e. The van der Waals surface area contributed by atoms with Crippen molar-refractivity contribution in [2.75, 3.05) is 38.2 Å². The van der Waals surface area contributed by atoms with E-state index >= 15 is 0 Å². The zero-order valence-electron chi connectivity index (χ0n) is 16.1. The number of fused-ring (bicyclic) bond motifs is 3. The minimum atomic E-state index is 0.353. The summed E-state index contributed by atoms with van der Waals surface area (Å²) in [5, 5.41) is 5.30. The van der Waals surface area contributed by atoms with Gasteiger partial charge in [-0.25, -0.2) is 9.97 Å². The lowest BCUT2D eigenvalue weighted by Crippen LogP contribution is -2.37. The first-order valence-electron chi connectivity index (χ1n) is 10.3. The molecule has 0 bridgehead atoms. The Kier molecular flexibility index (Phi) is 6.48. The van der Waals surface area contributed by atoms with Crippen molar-refractivity contribution in [2.45, 2.75) is 57.9 Å². The van der Waals surface area contributed by atoms with Gasteiger partial charge in [0.1, 0.15) is 10.6 Å². The molecule has 0 spiro atoms. The van der Waals surface area contributed by atoms with Crippen LogP contribution in [0.15, 0.2) is 0 Å². The van der Waals surface area contributed by atoms with Gasteiger partial charge >= 0.3 is 0 Å². The Morgan fingerprint density at radius 1 is 1.22 bits per heavy atom. The summed E-state index contributed by atoms with van der Waals surface area (Å²) in [5.41, 5.74) is 1.46. The molecule has 4 rings (SSSR count). The highest BCUT2D eigenvalue weighted by atomic mass is 35.5. The lowest BCUT2D eigenvalue weighted by atomic mass is 9.97. The predicted octanol–water partition coefficient (Wildman–Crippen LogP) is 4.53. The van der Waals surface area contributed by atoms with E-state index in [0.29, 0.717) is 11.3 Å². The summed E-state index contributed by atoms with van der Waals surface area (Å²) in [6, 6.07) is 0.416. The normalized spacial score (nSPS) is 19.2. The fourth-order valence-corrected chi connectivity index (χ4v) is 5.67. The third-order valence-electron chi connectivity index (χ3n) is 5.75. The summed E-state index contributed by atoms with van der Waals surface area (Å²) in [6.45, 7) is 7.26. The molecule has 1 fully saturated rings. The van der Waals surface area contributed by atoms with E-state index in [4.69, 9.17) is 16.3 Å². The predicted molar refractivity (Wildman–Crippen MR) is 113 cm³/mol. The Morgan fingerprint density at radius 2 is 2.04 bits per heavy atom. The second-order valence-electron chi connectivity index (χ2n) is 7.58. The van der Waals surface area contributed by atoms with Crippen molar-refractivity contribution >= 4 is 39.0 Å². The van der Waals surface area contributed by atoms with Crippen molar-refractivity contribution in [1.29, 1.82) is 0 Å². The van der Waals surface area contributed by atoms with Crippen molar-refractivity contribution in [3.05, 3.63) is 15.7 Å². The number of morpholine rings is 1. The molecular formula is C20H29ClN4OS. The highest BCUT2D eigenvalue weighted by Crippen LogP contribution is 2.39. The quantitative estimate of drug-likeness (QED) is 0.682. The Balaban J connectivity index is 1.46. The van der Waals surface area contributed by atoms with Crippen LogP contribution in [0.3, 0.4) is 0 Å². The molecule has 1 saturated heterocycles. The topological polar surface area (TPSA) is 50.3 Å². The first-order chi connectivity index (χ1) is 13.2. The Morgan fingerprint density at radius 3 is 2.85 bits per heavy atom. The van der Waals surface area contributed by atoms with Crippen LogP contribution in [0.4, 0.5) is 5.82 Å². The third-order valence-corrected chi connectivity index (χ3v) is 7.11. The average molecular weight is 409 g/mol. The van der Waals surface area contributed by atoms with Gasteiger partial charge in [-0.1, -0.05) is 6.92 Å². The van der Waals surface area contributed by atoms with Crippen LogP contribution in [0.1, 0.15) is 49.5 Å². The van der Waals surface area contributed by atoms with Gasteiger partial charge in [-0.05, 0) is 68.7 Å². The first-order valence-corrected chi connectivity index (χ1v) is 11.5. The van der Waals surface area contributed by atoms with E-state index < -0.39 is 0 Å². The van der Waals surface area contributed by atoms with Crippen molar-refractivity contribution in [3.63, 3.8) is 0 Å². The molecule has 148 valence electrons. The second-order valence-corrected chi connectivity index (χ2v) is 9.00. The zero-order valence-corrected chi connectivity index (χ0v) is 17.7. The number of aryl methyl sites for hydroxylation is 2. The summed E-state index contributed by atoms with van der Waals surface area (Å²) in [4.78, 5) is 14.1. The fraction of sp³-hybridized carbons (Fsp3) is 0.700. The van der Waals surface area contributed by atoms with Crippen molar-refractivity contribution in [2.24, 2.45) is 0 Å². The summed E-state index contributed by atoms with van der Waals surface area (Å²) >= 11 is 8.05. The minimum Gasteiger partial charge on any atom is -0.379 e. The molecule has 2 aromatic rings. The number of hydrogen-bond acceptors (Lipinski definition) is 6. The molecule has 1 unspecified atom stereocenters. The van der Waals surface area contributed by atoms with Crippen LogP contribution in [0, 0.1) is 0 Å². The van der Waals surface area contributed by atoms with Crippen LogP contribution in [0.5, 0.6) is 0 Å². The molecule has 2 aliphatic rings. The highest BCUT2D eigenvalue weighted by molar-refractivity contribution is 7.19. The number of halogens is 1. The van der Waals surface area contributed by atoms with Gasteiger partial charge in [0.15, 0.2) is 0 Å². The van der Waals surface area contributed by atoms with E-state index in [1.807, 2.05) is 0 Å². The van der Waals surface area contributed by atoms with Crippen LogP contribution in [0.25, 0.3) is 10.2 Å². The van der Waals surface area contributed by atoms with Crippen LogP contribution >= 0.6 is 22.9 Å². The van der Waals surface area contributed by atoms with Gasteiger partial charge in [-0.15, -0.1) is 11.3 Å². The zero-order chi connectivity index (χ0) is 18.6. The molecule has 0 aromatic carbocycles. The van der Waals surface area contributed by atoms with E-state index in [2.05, 4.69) is 27.1 Å². The van der Waals surface area contributed by atoms with E-state index in [-0.39, 0.29) is 0 Å². The fourth-order valence-electron chi connectivity index (χ4n) is 4.19. The first kappa shape index (κ1) is 19.4. The number of ether oxygens (including phenoxy) is 1. The molecule has 1 N–H and O–H groups in total. The molecule has 1 aliphatic heterocycles. The van der Waals surface area contributed by atoms with Gasteiger partial charge < -0.3 is 10.1 Å². The van der Waals surface area contributed by atoms with Crippen molar-refractivity contribution in [3.8, 4) is 0 Å². The van der Waals surface area contributed by atoms with Gasteiger partial charge in [0, 0.05) is 24.0 Å². The van der Waals surface area contributed by atoms with Gasteiger partial charge in [0.2, 0.25) is 5.28 Å². The van der Waals surface area contributed by atoms with Gasteiger partial charge in [-0.2, -0.15) is 0 Å². The maximum atomic E-state index is 6.25. The molecule has 5 nitrogen and oxygen atoms in total. The number of hydrogen-bond donors (Lipinski definition) is 1. The SMILES string of the molecule is CCC(CCCN1CCOCC1)Nc1nc(Cl)nc2sc3c(c12)CCCC3. The standard InChI is InChI=1S/C20H29ClN4OS/c1-2-14(6-5-9-25-10-12-26-13-11-25)22-18-17-15-7-3-4-8-16(15)27-19(17)24-20(21)23-18/h14H,2-13H2,1H3,(H,22,23,24). The van der Waals surface area contributed by atoms with Crippen LogP contribution in [0.2, 0.25) is 5.28 Å². The summed E-state index contributed by atoms with van der Waals surface area (Å²) in [7, 11) is 0. The average Bonchev–Trinajstić information content (AvgIpc) is 3.06. The molecule has 1 aliphatic carbocycles. The second kappa shape index (κ2) is 9.03. The van der Waals surface area contributed by atoms with E-state index in [1.54, 1.807) is 11.3 Å². The maximum Gasteiger partial charge on any atom is 0.225 e. The van der Waals surface area contributed by atoms with E-state index in [0.717, 1.165) is 62.8 Å².